The van der Waals surface area contributed by atoms with Crippen molar-refractivity contribution in [2.24, 2.45) is 5.73 Å². The fourth-order valence-corrected chi connectivity index (χ4v) is 6.68. The number of benzene rings is 6. The van der Waals surface area contributed by atoms with Gasteiger partial charge in [0.25, 0.3) is 0 Å². The summed E-state index contributed by atoms with van der Waals surface area (Å²) in [7, 11) is 0. The van der Waals surface area contributed by atoms with E-state index in [-0.39, 0.29) is 6.04 Å². The number of nitrogens with one attached hydrogen (secondary N) is 1. The number of hydrogen-bond donors (Lipinski definition) is 2. The highest BCUT2D eigenvalue weighted by atomic mass is 15.0. The molecule has 3 nitrogen and oxygen atoms in total. The van der Waals surface area contributed by atoms with Gasteiger partial charge in [0.15, 0.2) is 0 Å². The smallest absolute Gasteiger partial charge is 0.0695 e. The summed E-state index contributed by atoms with van der Waals surface area (Å²) in [5.74, 6) is 0. The highest BCUT2D eigenvalue weighted by Crippen LogP contribution is 2.40. The molecule has 0 radical (unpaired) electrons. The van der Waals surface area contributed by atoms with E-state index in [4.69, 9.17) is 5.73 Å². The molecule has 0 fully saturated rings. The van der Waals surface area contributed by atoms with Crippen molar-refractivity contribution in [2.45, 2.75) is 13.0 Å². The summed E-state index contributed by atoms with van der Waals surface area (Å²) in [4.78, 5) is 0. The van der Waals surface area contributed by atoms with Gasteiger partial charge in [-0.3, -0.25) is 0 Å². The summed E-state index contributed by atoms with van der Waals surface area (Å²) in [6.07, 6.45) is 14.2. The van der Waals surface area contributed by atoms with Crippen molar-refractivity contribution in [3.8, 4) is 16.8 Å². The molecule has 1 unspecified atom stereocenters. The molecule has 216 valence electrons. The Balaban J connectivity index is 1.37. The molecule has 1 aliphatic heterocycles. The predicted octanol–water partition coefficient (Wildman–Crippen LogP) is 10.3. The molecule has 1 atom stereocenters. The van der Waals surface area contributed by atoms with Crippen LogP contribution in [-0.4, -0.2) is 4.57 Å². The van der Waals surface area contributed by atoms with Gasteiger partial charge in [-0.25, -0.2) is 0 Å². The van der Waals surface area contributed by atoms with Crippen LogP contribution in [0.2, 0.25) is 0 Å². The molecule has 2 heterocycles. The quantitative estimate of drug-likeness (QED) is 0.199. The first-order valence-corrected chi connectivity index (χ1v) is 15.5. The van der Waals surface area contributed by atoms with Gasteiger partial charge in [-0.2, -0.15) is 0 Å². The van der Waals surface area contributed by atoms with Gasteiger partial charge in [-0.15, -0.1) is 0 Å². The van der Waals surface area contributed by atoms with Crippen LogP contribution in [0.4, 0.5) is 0 Å². The maximum absolute atomic E-state index is 6.45. The Morgan fingerprint density at radius 1 is 0.711 bits per heavy atom. The molecule has 0 spiro atoms. The molecule has 0 saturated heterocycles. The third kappa shape index (κ3) is 4.61. The first-order chi connectivity index (χ1) is 22.2. The van der Waals surface area contributed by atoms with Crippen molar-refractivity contribution in [2.75, 3.05) is 0 Å². The van der Waals surface area contributed by atoms with E-state index in [0.29, 0.717) is 0 Å². The second-order valence-electron chi connectivity index (χ2n) is 11.6. The summed E-state index contributed by atoms with van der Waals surface area (Å²) in [5, 5.41) is 10.7. The summed E-state index contributed by atoms with van der Waals surface area (Å²) in [5.41, 5.74) is 15.4. The first kappa shape index (κ1) is 26.8. The van der Waals surface area contributed by atoms with E-state index in [2.05, 4.69) is 137 Å². The Kier molecular flexibility index (Phi) is 6.57. The van der Waals surface area contributed by atoms with E-state index >= 15 is 0 Å². The summed E-state index contributed by atoms with van der Waals surface area (Å²) in [6.45, 7) is 2.00. The average Bonchev–Trinajstić information content (AvgIpc) is 3.44. The van der Waals surface area contributed by atoms with Crippen LogP contribution in [0, 0.1) is 0 Å². The molecule has 0 amide bonds. The fourth-order valence-electron chi connectivity index (χ4n) is 6.68. The molecular formula is C42H33N3. The molecule has 0 aliphatic carbocycles. The Hall–Kier alpha value is -5.80. The van der Waals surface area contributed by atoms with Gasteiger partial charge in [-0.1, -0.05) is 121 Å². The number of aromatic nitrogens is 1. The lowest BCUT2D eigenvalue weighted by molar-refractivity contribution is 0.746. The highest BCUT2D eigenvalue weighted by Gasteiger charge is 2.18. The van der Waals surface area contributed by atoms with Crippen molar-refractivity contribution in [1.29, 1.82) is 0 Å². The molecule has 6 aromatic carbocycles. The molecule has 3 N–H and O–H groups in total. The molecule has 7 aromatic rings. The van der Waals surface area contributed by atoms with Crippen LogP contribution in [-0.2, 0) is 0 Å². The van der Waals surface area contributed by atoms with Crippen LogP contribution < -0.4 is 11.1 Å². The number of nitrogens with two attached hydrogens (primary N) is 1. The van der Waals surface area contributed by atoms with E-state index in [9.17, 15) is 0 Å². The van der Waals surface area contributed by atoms with E-state index in [0.717, 1.165) is 16.6 Å². The second kappa shape index (κ2) is 11.0. The maximum Gasteiger partial charge on any atom is 0.0695 e. The van der Waals surface area contributed by atoms with E-state index in [1.54, 1.807) is 0 Å². The minimum Gasteiger partial charge on any atom is -0.398 e. The van der Waals surface area contributed by atoms with E-state index in [1.807, 2.05) is 37.4 Å². The van der Waals surface area contributed by atoms with Crippen molar-refractivity contribution >= 4 is 49.0 Å². The van der Waals surface area contributed by atoms with Crippen LogP contribution in [0.3, 0.4) is 0 Å². The van der Waals surface area contributed by atoms with Gasteiger partial charge < -0.3 is 15.6 Å². The Bertz CT molecular complexity index is 2360. The molecule has 8 rings (SSSR count). The number of rotatable bonds is 5. The normalized spacial score (nSPS) is 15.1. The first-order valence-electron chi connectivity index (χ1n) is 15.5. The predicted molar refractivity (Wildman–Crippen MR) is 192 cm³/mol. The molecule has 45 heavy (non-hydrogen) atoms. The van der Waals surface area contributed by atoms with Crippen LogP contribution in [0.1, 0.15) is 24.1 Å². The minimum atomic E-state index is 0.197. The standard InChI is InChI=1S/C42H33N3/c1-2-3-12-38(43)33-21-22-35-32(26-33)20-24-37-36-23-19-31(28-15-17-30(18-16-28)39-13-6-7-25-44-39)27-41(36)45(42(35)37)40-14-8-10-29-9-4-5-11-34(29)40/h2-27,39,44H,43H2,1H3/b3-2-,38-12-. The molecule has 0 bridgehead atoms. The number of nitrogens with zero attached hydrogens (tertiary/aromatic N) is 1. The summed E-state index contributed by atoms with van der Waals surface area (Å²) < 4.78 is 2.47. The second-order valence-corrected chi connectivity index (χ2v) is 11.6. The van der Waals surface area contributed by atoms with Crippen LogP contribution >= 0.6 is 0 Å². The van der Waals surface area contributed by atoms with Crippen molar-refractivity contribution in [3.63, 3.8) is 0 Å². The monoisotopic (exact) mass is 579 g/mol. The lowest BCUT2D eigenvalue weighted by Gasteiger charge is -2.16. The molecule has 1 aliphatic rings. The SMILES string of the molecule is C/C=C\C=C(/N)c1ccc2c(ccc3c4ccc(-c5ccc(C6C=CC=CN6)cc5)cc4n(-c4cccc5ccccc45)c23)c1. The lowest BCUT2D eigenvalue weighted by atomic mass is 9.98. The molecule has 1 aromatic heterocycles. The van der Waals surface area contributed by atoms with Gasteiger partial charge in [0, 0.05) is 27.2 Å². The Morgan fingerprint density at radius 3 is 2.36 bits per heavy atom. The van der Waals surface area contributed by atoms with Gasteiger partial charge >= 0.3 is 0 Å². The lowest BCUT2D eigenvalue weighted by Crippen LogP contribution is -2.14. The number of fused-ring (bicyclic) bond motifs is 6. The average molecular weight is 580 g/mol. The van der Waals surface area contributed by atoms with Crippen LogP contribution in [0.5, 0.6) is 0 Å². The zero-order valence-electron chi connectivity index (χ0n) is 25.1. The number of hydrogen-bond acceptors (Lipinski definition) is 2. The molecule has 3 heteroatoms. The maximum atomic E-state index is 6.45. The summed E-state index contributed by atoms with van der Waals surface area (Å²) in [6, 6.07) is 42.3. The molecular weight excluding hydrogens is 546 g/mol. The van der Waals surface area contributed by atoms with Gasteiger partial charge in [0.05, 0.1) is 22.8 Å². The van der Waals surface area contributed by atoms with Crippen molar-refractivity contribution in [3.05, 3.63) is 169 Å². The largest absolute Gasteiger partial charge is 0.398 e. The Labute approximate surface area is 262 Å². The number of allylic oxidation sites excluding steroid dienone is 5. The van der Waals surface area contributed by atoms with E-state index in [1.165, 1.54) is 60.3 Å². The van der Waals surface area contributed by atoms with Crippen LogP contribution in [0.25, 0.3) is 65.9 Å². The Morgan fingerprint density at radius 2 is 1.51 bits per heavy atom. The third-order valence-corrected chi connectivity index (χ3v) is 8.94. The number of dihydropyridines is 1. The zero-order valence-corrected chi connectivity index (χ0v) is 25.1. The summed E-state index contributed by atoms with van der Waals surface area (Å²) >= 11 is 0. The van der Waals surface area contributed by atoms with Crippen molar-refractivity contribution in [1.82, 2.24) is 9.88 Å². The topological polar surface area (TPSA) is 43.0 Å². The van der Waals surface area contributed by atoms with Gasteiger partial charge in [-0.05, 0) is 76.5 Å². The fraction of sp³-hybridized carbons (Fsp3) is 0.0476. The minimum absolute atomic E-state index is 0.197. The zero-order chi connectivity index (χ0) is 30.3. The van der Waals surface area contributed by atoms with Crippen molar-refractivity contribution < 1.29 is 0 Å². The van der Waals surface area contributed by atoms with Crippen LogP contribution in [0.15, 0.2) is 158 Å². The van der Waals surface area contributed by atoms with Gasteiger partial charge in [0.2, 0.25) is 0 Å². The molecule has 0 saturated carbocycles. The highest BCUT2D eigenvalue weighted by molar-refractivity contribution is 6.20. The third-order valence-electron chi connectivity index (χ3n) is 8.94. The van der Waals surface area contributed by atoms with Gasteiger partial charge in [0.1, 0.15) is 0 Å². The van der Waals surface area contributed by atoms with E-state index < -0.39 is 0 Å².